The van der Waals surface area contributed by atoms with E-state index in [4.69, 9.17) is 0 Å². The second kappa shape index (κ2) is 3.91. The number of hydrogen-bond acceptors (Lipinski definition) is 1. The number of hydrogen-bond donors (Lipinski definition) is 0. The number of nitrogens with zero attached hydrogens (tertiary/aromatic N) is 2. The summed E-state index contributed by atoms with van der Waals surface area (Å²) < 4.78 is 2.83. The summed E-state index contributed by atoms with van der Waals surface area (Å²) in [5.41, 5.74) is 1.02. The third-order valence-electron chi connectivity index (χ3n) is 3.16. The van der Waals surface area contributed by atoms with E-state index in [1.165, 1.54) is 0 Å². The molecule has 1 aliphatic rings. The molecule has 1 saturated heterocycles. The Balaban J connectivity index is 2.18. The number of amides is 1. The van der Waals surface area contributed by atoms with E-state index >= 15 is 0 Å². The normalized spacial score (nSPS) is 19.1. The molecule has 0 spiro atoms. The Kier molecular flexibility index (Phi) is 2.86. The first-order valence-corrected chi connectivity index (χ1v) is 6.29. The molecule has 1 amide bonds. The van der Waals surface area contributed by atoms with Crippen LogP contribution in [0, 0.1) is 5.41 Å². The molecule has 3 nitrogen and oxygen atoms in total. The van der Waals surface area contributed by atoms with Gasteiger partial charge < -0.3 is 9.47 Å². The van der Waals surface area contributed by atoms with Crippen molar-refractivity contribution < 1.29 is 4.79 Å². The average molecular weight is 285 g/mol. The molecule has 1 aromatic heterocycles. The standard InChI is InChI=1S/C12H17BrN2O/c1-12(2)4-5-15(8-12)11(16)10-6-9(13)7-14(10)3/h6-7H,4-5,8H2,1-3H3. The fourth-order valence-electron chi connectivity index (χ4n) is 2.18. The molecule has 1 fully saturated rings. The molecule has 16 heavy (non-hydrogen) atoms. The summed E-state index contributed by atoms with van der Waals surface area (Å²) in [5, 5.41) is 0. The molecule has 0 bridgehead atoms. The monoisotopic (exact) mass is 284 g/mol. The second-order valence-electron chi connectivity index (χ2n) is 5.30. The predicted octanol–water partition coefficient (Wildman–Crippen LogP) is 2.66. The Morgan fingerprint density at radius 2 is 2.19 bits per heavy atom. The molecule has 0 radical (unpaired) electrons. The van der Waals surface area contributed by atoms with Crippen LogP contribution in [0.3, 0.4) is 0 Å². The van der Waals surface area contributed by atoms with Gasteiger partial charge in [0, 0.05) is 30.8 Å². The smallest absolute Gasteiger partial charge is 0.270 e. The quantitative estimate of drug-likeness (QED) is 0.778. The number of aryl methyl sites for hydroxylation is 1. The summed E-state index contributed by atoms with van der Waals surface area (Å²) in [6.45, 7) is 6.14. The molecule has 88 valence electrons. The van der Waals surface area contributed by atoms with Gasteiger partial charge in [0.05, 0.1) is 0 Å². The van der Waals surface area contributed by atoms with Crippen molar-refractivity contribution in [3.05, 3.63) is 22.4 Å². The van der Waals surface area contributed by atoms with E-state index in [0.717, 1.165) is 29.7 Å². The molecule has 0 saturated carbocycles. The Bertz CT molecular complexity index is 423. The minimum absolute atomic E-state index is 0.138. The van der Waals surface area contributed by atoms with Crippen LogP contribution in [0.5, 0.6) is 0 Å². The average Bonchev–Trinajstić information content (AvgIpc) is 2.68. The highest BCUT2D eigenvalue weighted by Gasteiger charge is 2.33. The van der Waals surface area contributed by atoms with Crippen molar-refractivity contribution in [3.63, 3.8) is 0 Å². The molecule has 1 aliphatic heterocycles. The van der Waals surface area contributed by atoms with Crippen molar-refractivity contribution in [1.29, 1.82) is 0 Å². The maximum Gasteiger partial charge on any atom is 0.270 e. The van der Waals surface area contributed by atoms with Crippen LogP contribution in [0.25, 0.3) is 0 Å². The van der Waals surface area contributed by atoms with Crippen LogP contribution in [0.2, 0.25) is 0 Å². The third kappa shape index (κ3) is 2.17. The molecule has 0 aromatic carbocycles. The lowest BCUT2D eigenvalue weighted by Gasteiger charge is -2.19. The van der Waals surface area contributed by atoms with Gasteiger partial charge in [-0.3, -0.25) is 4.79 Å². The second-order valence-corrected chi connectivity index (χ2v) is 6.21. The number of rotatable bonds is 1. The lowest BCUT2D eigenvalue weighted by atomic mass is 9.93. The van der Waals surface area contributed by atoms with Crippen LogP contribution in [-0.2, 0) is 7.05 Å². The van der Waals surface area contributed by atoms with Crippen LogP contribution in [0.1, 0.15) is 30.8 Å². The zero-order valence-corrected chi connectivity index (χ0v) is 11.5. The maximum absolute atomic E-state index is 12.3. The summed E-state index contributed by atoms with van der Waals surface area (Å²) in [5.74, 6) is 0.138. The van der Waals surface area contributed by atoms with Gasteiger partial charge in [-0.2, -0.15) is 0 Å². The molecule has 0 unspecified atom stereocenters. The van der Waals surface area contributed by atoms with Gasteiger partial charge in [-0.05, 0) is 33.8 Å². The number of carbonyl (C=O) groups is 1. The van der Waals surface area contributed by atoms with Crippen molar-refractivity contribution >= 4 is 21.8 Å². The van der Waals surface area contributed by atoms with E-state index in [2.05, 4.69) is 29.8 Å². The summed E-state index contributed by atoms with van der Waals surface area (Å²) in [4.78, 5) is 14.2. The van der Waals surface area contributed by atoms with Crippen LogP contribution >= 0.6 is 15.9 Å². The lowest BCUT2D eigenvalue weighted by molar-refractivity contribution is 0.0769. The van der Waals surface area contributed by atoms with E-state index in [-0.39, 0.29) is 11.3 Å². The highest BCUT2D eigenvalue weighted by molar-refractivity contribution is 9.10. The molecule has 2 heterocycles. The summed E-state index contributed by atoms with van der Waals surface area (Å²) in [7, 11) is 1.90. The minimum Gasteiger partial charge on any atom is -0.345 e. The Morgan fingerprint density at radius 3 is 2.62 bits per heavy atom. The Hall–Kier alpha value is -0.770. The highest BCUT2D eigenvalue weighted by Crippen LogP contribution is 2.30. The van der Waals surface area contributed by atoms with Crippen LogP contribution < -0.4 is 0 Å². The van der Waals surface area contributed by atoms with Crippen LogP contribution in [0.4, 0.5) is 0 Å². The van der Waals surface area contributed by atoms with Gasteiger partial charge in [-0.25, -0.2) is 0 Å². The van der Waals surface area contributed by atoms with Crippen molar-refractivity contribution in [2.75, 3.05) is 13.1 Å². The third-order valence-corrected chi connectivity index (χ3v) is 3.59. The first-order chi connectivity index (χ1) is 7.39. The van der Waals surface area contributed by atoms with Crippen LogP contribution in [-0.4, -0.2) is 28.5 Å². The highest BCUT2D eigenvalue weighted by atomic mass is 79.9. The van der Waals surface area contributed by atoms with E-state index in [0.29, 0.717) is 0 Å². The molecule has 1 aromatic rings. The lowest BCUT2D eigenvalue weighted by Crippen LogP contribution is -2.31. The predicted molar refractivity (Wildman–Crippen MR) is 67.4 cm³/mol. The van der Waals surface area contributed by atoms with E-state index < -0.39 is 0 Å². The summed E-state index contributed by atoms with van der Waals surface area (Å²) in [6.07, 6.45) is 3.00. The fourth-order valence-corrected chi connectivity index (χ4v) is 2.71. The molecule has 0 atom stereocenters. The van der Waals surface area contributed by atoms with E-state index in [9.17, 15) is 4.79 Å². The number of halogens is 1. The van der Waals surface area contributed by atoms with Gasteiger partial charge in [-0.15, -0.1) is 0 Å². The van der Waals surface area contributed by atoms with Gasteiger partial charge in [-0.1, -0.05) is 13.8 Å². The van der Waals surface area contributed by atoms with E-state index in [1.807, 2.05) is 28.8 Å². The first-order valence-electron chi connectivity index (χ1n) is 5.50. The minimum atomic E-state index is 0.138. The SMILES string of the molecule is Cn1cc(Br)cc1C(=O)N1CCC(C)(C)C1. The number of likely N-dealkylation sites (tertiary alicyclic amines) is 1. The fraction of sp³-hybridized carbons (Fsp3) is 0.583. The van der Waals surface area contributed by atoms with Crippen molar-refractivity contribution in [3.8, 4) is 0 Å². The maximum atomic E-state index is 12.3. The first kappa shape index (κ1) is 11.7. The number of aromatic nitrogens is 1. The number of carbonyl (C=O) groups excluding carboxylic acids is 1. The van der Waals surface area contributed by atoms with Crippen LogP contribution in [0.15, 0.2) is 16.7 Å². The molecular formula is C12H17BrN2O. The molecule has 0 N–H and O–H groups in total. The zero-order valence-electron chi connectivity index (χ0n) is 9.96. The summed E-state index contributed by atoms with van der Waals surface area (Å²) in [6, 6.07) is 1.88. The van der Waals surface area contributed by atoms with Gasteiger partial charge in [0.1, 0.15) is 5.69 Å². The Labute approximate surface area is 105 Å². The Morgan fingerprint density at radius 1 is 1.50 bits per heavy atom. The van der Waals surface area contributed by atoms with E-state index in [1.54, 1.807) is 0 Å². The zero-order chi connectivity index (χ0) is 11.9. The molecule has 2 rings (SSSR count). The van der Waals surface area contributed by atoms with Gasteiger partial charge >= 0.3 is 0 Å². The molecular weight excluding hydrogens is 268 g/mol. The molecule has 0 aliphatic carbocycles. The van der Waals surface area contributed by atoms with Crippen molar-refractivity contribution in [2.45, 2.75) is 20.3 Å². The topological polar surface area (TPSA) is 25.2 Å². The van der Waals surface area contributed by atoms with Gasteiger partial charge in [0.2, 0.25) is 0 Å². The summed E-state index contributed by atoms with van der Waals surface area (Å²) >= 11 is 3.39. The molecule has 4 heteroatoms. The van der Waals surface area contributed by atoms with Gasteiger partial charge in [0.25, 0.3) is 5.91 Å². The van der Waals surface area contributed by atoms with Crippen molar-refractivity contribution in [2.24, 2.45) is 12.5 Å². The van der Waals surface area contributed by atoms with Gasteiger partial charge in [0.15, 0.2) is 0 Å². The van der Waals surface area contributed by atoms with Crippen molar-refractivity contribution in [1.82, 2.24) is 9.47 Å². The largest absolute Gasteiger partial charge is 0.345 e.